The summed E-state index contributed by atoms with van der Waals surface area (Å²) in [6, 6.07) is 14.0. The second kappa shape index (κ2) is 8.57. The van der Waals surface area contributed by atoms with Crippen molar-refractivity contribution in [3.8, 4) is 5.75 Å². The predicted molar refractivity (Wildman–Crippen MR) is 126 cm³/mol. The van der Waals surface area contributed by atoms with Gasteiger partial charge in [0.15, 0.2) is 5.16 Å². The number of thiophene rings is 1. The molecule has 0 aliphatic heterocycles. The van der Waals surface area contributed by atoms with Gasteiger partial charge in [-0.05, 0) is 29.6 Å². The van der Waals surface area contributed by atoms with Crippen LogP contribution in [0.3, 0.4) is 0 Å². The van der Waals surface area contributed by atoms with E-state index in [1.54, 1.807) is 23.8 Å². The van der Waals surface area contributed by atoms with Gasteiger partial charge in [-0.1, -0.05) is 47.6 Å². The molecule has 0 fully saturated rings. The molecule has 0 bridgehead atoms. The predicted octanol–water partition coefficient (Wildman–Crippen LogP) is 5.25. The van der Waals surface area contributed by atoms with Gasteiger partial charge in [-0.3, -0.25) is 13.8 Å². The topological polar surface area (TPSA) is 61.4 Å². The van der Waals surface area contributed by atoms with Crippen LogP contribution >= 0.6 is 34.7 Å². The van der Waals surface area contributed by atoms with Crippen molar-refractivity contribution >= 4 is 50.7 Å². The summed E-state index contributed by atoms with van der Waals surface area (Å²) in [5.74, 6) is 1.01. The lowest BCUT2D eigenvalue weighted by Crippen LogP contribution is -2.23. The van der Waals surface area contributed by atoms with Crippen LogP contribution in [0.5, 0.6) is 5.75 Å². The Balaban J connectivity index is 1.62. The molecule has 0 unspecified atom stereocenters. The van der Waals surface area contributed by atoms with Crippen LogP contribution in [0.2, 0.25) is 5.02 Å². The maximum atomic E-state index is 14.2. The average molecular weight is 487 g/mol. The van der Waals surface area contributed by atoms with Gasteiger partial charge in [0.2, 0.25) is 5.78 Å². The summed E-state index contributed by atoms with van der Waals surface area (Å²) in [5, 5.41) is 11.4. The molecule has 3 heterocycles. The van der Waals surface area contributed by atoms with E-state index in [2.05, 4.69) is 10.2 Å². The molecule has 0 radical (unpaired) electrons. The third-order valence-electron chi connectivity index (χ3n) is 5.11. The Bertz CT molecular complexity index is 1490. The smallest absolute Gasteiger partial charge is 0.273 e. The number of fused-ring (bicyclic) bond motifs is 3. The van der Waals surface area contributed by atoms with Crippen LogP contribution in [0.25, 0.3) is 16.0 Å². The lowest BCUT2D eigenvalue weighted by atomic mass is 10.2. The van der Waals surface area contributed by atoms with Crippen molar-refractivity contribution in [1.82, 2.24) is 19.2 Å². The Morgan fingerprint density at radius 1 is 1.16 bits per heavy atom. The van der Waals surface area contributed by atoms with E-state index in [9.17, 15) is 9.18 Å². The number of halogens is 2. The molecule has 0 saturated heterocycles. The average Bonchev–Trinajstić information content (AvgIpc) is 3.44. The summed E-state index contributed by atoms with van der Waals surface area (Å²) in [6.07, 6.45) is 0. The van der Waals surface area contributed by atoms with Crippen molar-refractivity contribution < 1.29 is 9.13 Å². The molecule has 0 aliphatic rings. The van der Waals surface area contributed by atoms with E-state index in [0.717, 1.165) is 11.1 Å². The van der Waals surface area contributed by atoms with Crippen molar-refractivity contribution in [2.24, 2.45) is 0 Å². The summed E-state index contributed by atoms with van der Waals surface area (Å²) < 4.78 is 23.7. The molecular formula is C22H16ClFN4O2S2. The molecule has 162 valence electrons. The fourth-order valence-electron chi connectivity index (χ4n) is 3.55. The Morgan fingerprint density at radius 3 is 2.81 bits per heavy atom. The quantitative estimate of drug-likeness (QED) is 0.307. The third kappa shape index (κ3) is 3.56. The first kappa shape index (κ1) is 21.0. The summed E-state index contributed by atoms with van der Waals surface area (Å²) in [6.45, 7) is 0.280. The van der Waals surface area contributed by atoms with E-state index in [1.807, 2.05) is 40.1 Å². The minimum Gasteiger partial charge on any atom is -0.496 e. The van der Waals surface area contributed by atoms with Gasteiger partial charge in [0, 0.05) is 21.9 Å². The standard InChI is InChI=1S/C22H16ClFN4O2S2/c1-30-18-8-3-2-5-13(18)11-27-20(29)19-17(9-10-31-19)28-21(27)25-26-22(28)32-12-14-15(23)6-4-7-16(14)24/h2-10H,11-12H2,1H3. The van der Waals surface area contributed by atoms with Crippen LogP contribution in [0.1, 0.15) is 11.1 Å². The second-order valence-electron chi connectivity index (χ2n) is 6.94. The van der Waals surface area contributed by atoms with Crippen LogP contribution in [-0.2, 0) is 12.3 Å². The molecule has 0 N–H and O–H groups in total. The van der Waals surface area contributed by atoms with Crippen LogP contribution < -0.4 is 10.3 Å². The normalized spacial score (nSPS) is 11.5. The number of aromatic nitrogens is 4. The molecule has 0 amide bonds. The van der Waals surface area contributed by atoms with E-state index in [4.69, 9.17) is 16.3 Å². The van der Waals surface area contributed by atoms with Gasteiger partial charge < -0.3 is 4.74 Å². The number of hydrogen-bond acceptors (Lipinski definition) is 6. The fraction of sp³-hybridized carbons (Fsp3) is 0.136. The molecule has 5 aromatic rings. The largest absolute Gasteiger partial charge is 0.496 e. The summed E-state index contributed by atoms with van der Waals surface area (Å²) in [7, 11) is 1.60. The van der Waals surface area contributed by atoms with Crippen LogP contribution in [0, 0.1) is 5.82 Å². The number of rotatable bonds is 6. The summed E-state index contributed by atoms with van der Waals surface area (Å²) in [5.41, 5.74) is 1.83. The molecule has 6 nitrogen and oxygen atoms in total. The maximum Gasteiger partial charge on any atom is 0.273 e. The van der Waals surface area contributed by atoms with Gasteiger partial charge in [-0.2, -0.15) is 0 Å². The highest BCUT2D eigenvalue weighted by Gasteiger charge is 2.19. The minimum absolute atomic E-state index is 0.144. The molecule has 0 saturated carbocycles. The Kier molecular flexibility index (Phi) is 5.62. The first-order valence-electron chi connectivity index (χ1n) is 9.61. The van der Waals surface area contributed by atoms with Crippen molar-refractivity contribution in [3.63, 3.8) is 0 Å². The molecule has 0 aliphatic carbocycles. The number of methoxy groups -OCH3 is 1. The highest BCUT2D eigenvalue weighted by molar-refractivity contribution is 7.98. The third-order valence-corrected chi connectivity index (χ3v) is 7.31. The number of thioether (sulfide) groups is 1. The zero-order chi connectivity index (χ0) is 22.2. The van der Waals surface area contributed by atoms with Gasteiger partial charge in [-0.15, -0.1) is 21.5 Å². The molecule has 10 heteroatoms. The van der Waals surface area contributed by atoms with Gasteiger partial charge >= 0.3 is 0 Å². The second-order valence-corrected chi connectivity index (χ2v) is 9.21. The molecule has 0 atom stereocenters. The van der Waals surface area contributed by atoms with E-state index in [-0.39, 0.29) is 23.7 Å². The highest BCUT2D eigenvalue weighted by Crippen LogP contribution is 2.30. The molecule has 2 aromatic carbocycles. The fourth-order valence-corrected chi connectivity index (χ4v) is 5.65. The summed E-state index contributed by atoms with van der Waals surface area (Å²) in [4.78, 5) is 13.3. The number of nitrogens with zero attached hydrogens (tertiary/aromatic N) is 4. The first-order valence-corrected chi connectivity index (χ1v) is 11.9. The molecular weight excluding hydrogens is 471 g/mol. The first-order chi connectivity index (χ1) is 15.6. The van der Waals surface area contributed by atoms with Gasteiger partial charge in [0.1, 0.15) is 16.3 Å². The van der Waals surface area contributed by atoms with E-state index < -0.39 is 0 Å². The molecule has 5 rings (SSSR count). The van der Waals surface area contributed by atoms with Crippen LogP contribution in [0.4, 0.5) is 4.39 Å². The zero-order valence-corrected chi connectivity index (χ0v) is 19.2. The monoisotopic (exact) mass is 486 g/mol. The van der Waals surface area contributed by atoms with E-state index in [1.165, 1.54) is 29.2 Å². The number of para-hydroxylation sites is 1. The Labute approximate surface area is 195 Å². The Morgan fingerprint density at radius 2 is 2.00 bits per heavy atom. The van der Waals surface area contributed by atoms with Crippen LogP contribution in [-0.4, -0.2) is 26.3 Å². The minimum atomic E-state index is -0.368. The lowest BCUT2D eigenvalue weighted by Gasteiger charge is -2.12. The summed E-state index contributed by atoms with van der Waals surface area (Å²) >= 11 is 8.86. The van der Waals surface area contributed by atoms with Crippen molar-refractivity contribution in [2.45, 2.75) is 17.5 Å². The molecule has 3 aromatic heterocycles. The van der Waals surface area contributed by atoms with E-state index in [0.29, 0.717) is 32.0 Å². The number of ether oxygens (including phenoxy) is 1. The van der Waals surface area contributed by atoms with E-state index >= 15 is 0 Å². The Hall–Kier alpha value is -2.88. The number of benzene rings is 2. The molecule has 32 heavy (non-hydrogen) atoms. The van der Waals surface area contributed by atoms with Crippen molar-refractivity contribution in [2.75, 3.05) is 7.11 Å². The zero-order valence-electron chi connectivity index (χ0n) is 16.8. The number of hydrogen-bond donors (Lipinski definition) is 0. The maximum absolute atomic E-state index is 14.2. The lowest BCUT2D eigenvalue weighted by molar-refractivity contribution is 0.408. The van der Waals surface area contributed by atoms with Crippen LogP contribution in [0.15, 0.2) is 63.9 Å². The van der Waals surface area contributed by atoms with Gasteiger partial charge in [-0.25, -0.2) is 4.39 Å². The van der Waals surface area contributed by atoms with Crippen molar-refractivity contribution in [3.05, 3.63) is 86.2 Å². The highest BCUT2D eigenvalue weighted by atomic mass is 35.5. The SMILES string of the molecule is COc1ccccc1Cn1c(=O)c2sccc2n2c(SCc3c(F)cccc3Cl)nnc12. The van der Waals surface area contributed by atoms with Gasteiger partial charge in [0.05, 0.1) is 19.2 Å². The molecule has 0 spiro atoms. The van der Waals surface area contributed by atoms with Crippen molar-refractivity contribution in [1.29, 1.82) is 0 Å². The van der Waals surface area contributed by atoms with Gasteiger partial charge in [0.25, 0.3) is 5.56 Å².